The summed E-state index contributed by atoms with van der Waals surface area (Å²) in [6.45, 7) is 13.0. The molecule has 0 aliphatic heterocycles. The Kier molecular flexibility index (Phi) is 3.73. The maximum Gasteiger partial charge on any atom is 0.113 e. The van der Waals surface area contributed by atoms with Crippen molar-refractivity contribution in [2.75, 3.05) is 6.54 Å². The summed E-state index contributed by atoms with van der Waals surface area (Å²) in [4.78, 5) is 6.65. The van der Waals surface area contributed by atoms with Crippen molar-refractivity contribution in [2.24, 2.45) is 10.8 Å². The minimum absolute atomic E-state index is 0.0923. The van der Waals surface area contributed by atoms with Crippen LogP contribution in [0.1, 0.15) is 75.9 Å². The number of hydrogen-bond acceptors (Lipinski definition) is 3. The monoisotopic (exact) mass is 306 g/mol. The molecule has 1 N–H and O–H groups in total. The summed E-state index contributed by atoms with van der Waals surface area (Å²) in [5, 5.41) is 5.23. The molecule has 0 amide bonds. The van der Waals surface area contributed by atoms with Gasteiger partial charge in [-0.1, -0.05) is 34.6 Å². The van der Waals surface area contributed by atoms with E-state index < -0.39 is 0 Å². The normalized spacial score (nSPS) is 25.8. The van der Waals surface area contributed by atoms with Crippen molar-refractivity contribution in [1.82, 2.24) is 10.3 Å². The van der Waals surface area contributed by atoms with Crippen molar-refractivity contribution in [1.29, 1.82) is 0 Å². The van der Waals surface area contributed by atoms with Gasteiger partial charge in [0.25, 0.3) is 0 Å². The lowest BCUT2D eigenvalue weighted by Gasteiger charge is -2.51. The smallest absolute Gasteiger partial charge is 0.113 e. The Morgan fingerprint density at radius 3 is 2.29 bits per heavy atom. The van der Waals surface area contributed by atoms with Crippen LogP contribution in [0, 0.1) is 10.8 Å². The first-order chi connectivity index (χ1) is 9.75. The summed E-state index contributed by atoms with van der Waals surface area (Å²) < 4.78 is 0. The van der Waals surface area contributed by atoms with Gasteiger partial charge in [-0.15, -0.1) is 11.3 Å². The predicted octanol–water partition coefficient (Wildman–Crippen LogP) is 4.67. The highest BCUT2D eigenvalue weighted by atomic mass is 32.1. The Bertz CT molecular complexity index is 490. The highest BCUT2D eigenvalue weighted by Gasteiger charge is 2.49. The molecule has 0 atom stereocenters. The molecule has 21 heavy (non-hydrogen) atoms. The summed E-state index contributed by atoms with van der Waals surface area (Å²) in [5.41, 5.74) is 2.24. The molecular weight excluding hydrogens is 276 g/mol. The number of aryl methyl sites for hydroxylation is 2. The van der Waals surface area contributed by atoms with Gasteiger partial charge in [0.2, 0.25) is 0 Å². The molecule has 2 aliphatic rings. The lowest BCUT2D eigenvalue weighted by Crippen LogP contribution is -2.52. The number of nitrogens with zero attached hydrogens (tertiary/aromatic N) is 1. The van der Waals surface area contributed by atoms with E-state index in [1.54, 1.807) is 4.88 Å². The van der Waals surface area contributed by atoms with Gasteiger partial charge in [-0.25, -0.2) is 4.98 Å². The highest BCUT2D eigenvalue weighted by molar-refractivity contribution is 7.12. The maximum atomic E-state index is 5.09. The lowest BCUT2D eigenvalue weighted by molar-refractivity contribution is 0.0267. The molecular formula is C18H30N2S. The van der Waals surface area contributed by atoms with E-state index in [0.29, 0.717) is 10.8 Å². The molecule has 1 heterocycles. The first-order valence-corrected chi connectivity index (χ1v) is 9.31. The Hall–Kier alpha value is -0.410. The Morgan fingerprint density at radius 1 is 1.05 bits per heavy atom. The van der Waals surface area contributed by atoms with Crippen molar-refractivity contribution >= 4 is 11.3 Å². The average Bonchev–Trinajstić information content (AvgIpc) is 2.83. The second kappa shape index (κ2) is 5.06. The summed E-state index contributed by atoms with van der Waals surface area (Å²) in [6, 6.07) is 0. The summed E-state index contributed by atoms with van der Waals surface area (Å²) in [5.74, 6) is 0. The van der Waals surface area contributed by atoms with Crippen LogP contribution >= 0.6 is 11.3 Å². The highest BCUT2D eigenvalue weighted by Crippen LogP contribution is 2.54. The van der Waals surface area contributed by atoms with Gasteiger partial charge in [0.1, 0.15) is 5.01 Å². The first-order valence-electron chi connectivity index (χ1n) is 8.49. The average molecular weight is 307 g/mol. The molecule has 2 nitrogen and oxygen atoms in total. The number of nitrogens with one attached hydrogen (secondary N) is 1. The Balaban J connectivity index is 2.01. The Labute approximate surface area is 133 Å². The molecule has 0 unspecified atom stereocenters. The van der Waals surface area contributed by atoms with Crippen molar-refractivity contribution in [3.8, 4) is 0 Å². The fourth-order valence-corrected chi connectivity index (χ4v) is 6.52. The summed E-state index contributed by atoms with van der Waals surface area (Å²) in [7, 11) is 0. The minimum Gasteiger partial charge on any atom is -0.306 e. The van der Waals surface area contributed by atoms with E-state index >= 15 is 0 Å². The molecule has 0 aromatic carbocycles. The van der Waals surface area contributed by atoms with E-state index in [1.807, 2.05) is 11.3 Å². The van der Waals surface area contributed by atoms with Crippen molar-refractivity contribution in [3.63, 3.8) is 0 Å². The first kappa shape index (κ1) is 15.5. The number of thiazole rings is 1. The zero-order valence-corrected chi connectivity index (χ0v) is 15.1. The van der Waals surface area contributed by atoms with Crippen LogP contribution in [-0.2, 0) is 18.4 Å². The van der Waals surface area contributed by atoms with Gasteiger partial charge in [-0.05, 0) is 55.9 Å². The van der Waals surface area contributed by atoms with Crippen LogP contribution in [0.25, 0.3) is 0 Å². The van der Waals surface area contributed by atoms with Gasteiger partial charge in [0.05, 0.1) is 11.2 Å². The molecule has 118 valence electrons. The van der Waals surface area contributed by atoms with Crippen LogP contribution in [0.4, 0.5) is 0 Å². The number of aromatic nitrogens is 1. The van der Waals surface area contributed by atoms with Crippen LogP contribution < -0.4 is 5.32 Å². The van der Waals surface area contributed by atoms with Crippen LogP contribution in [0.5, 0.6) is 0 Å². The fraction of sp³-hybridized carbons (Fsp3) is 0.833. The van der Waals surface area contributed by atoms with Crippen LogP contribution in [0.2, 0.25) is 0 Å². The summed E-state index contributed by atoms with van der Waals surface area (Å²) in [6.07, 6.45) is 7.48. The van der Waals surface area contributed by atoms with Gasteiger partial charge in [0, 0.05) is 4.88 Å². The van der Waals surface area contributed by atoms with Crippen LogP contribution in [0.3, 0.4) is 0 Å². The van der Waals surface area contributed by atoms with Crippen molar-refractivity contribution in [3.05, 3.63) is 15.6 Å². The molecule has 1 fully saturated rings. The molecule has 3 rings (SSSR count). The largest absolute Gasteiger partial charge is 0.306 e. The molecule has 1 saturated carbocycles. The molecule has 0 spiro atoms. The molecule has 2 aliphatic carbocycles. The van der Waals surface area contributed by atoms with Crippen LogP contribution in [0.15, 0.2) is 0 Å². The SMILES string of the molecule is CCNC1(c2nc3c(s2)CCC3)CC(C)(C)CC(C)(C)C1. The minimum atomic E-state index is 0.0923. The summed E-state index contributed by atoms with van der Waals surface area (Å²) >= 11 is 2.00. The number of fused-ring (bicyclic) bond motifs is 1. The third kappa shape index (κ3) is 2.92. The zero-order valence-electron chi connectivity index (χ0n) is 14.3. The van der Waals surface area contributed by atoms with E-state index in [2.05, 4.69) is 39.9 Å². The predicted molar refractivity (Wildman–Crippen MR) is 90.9 cm³/mol. The molecule has 1 aromatic heterocycles. The van der Waals surface area contributed by atoms with Gasteiger partial charge in [-0.3, -0.25) is 0 Å². The molecule has 0 radical (unpaired) electrons. The second-order valence-electron chi connectivity index (χ2n) is 8.71. The molecule has 0 bridgehead atoms. The van der Waals surface area contributed by atoms with E-state index in [1.165, 1.54) is 49.2 Å². The quantitative estimate of drug-likeness (QED) is 0.877. The van der Waals surface area contributed by atoms with E-state index in [-0.39, 0.29) is 5.54 Å². The topological polar surface area (TPSA) is 24.9 Å². The Morgan fingerprint density at radius 2 is 1.71 bits per heavy atom. The third-order valence-corrected chi connectivity index (χ3v) is 6.40. The van der Waals surface area contributed by atoms with E-state index in [0.717, 1.165) is 6.54 Å². The molecule has 1 aromatic rings. The van der Waals surface area contributed by atoms with Crippen LogP contribution in [-0.4, -0.2) is 11.5 Å². The standard InChI is InChI=1S/C18H30N2S/c1-6-19-18(11-16(2,3)10-17(4,5)12-18)15-20-13-8-7-9-14(13)21-15/h19H,6-12H2,1-5H3. The van der Waals surface area contributed by atoms with Gasteiger partial charge in [0.15, 0.2) is 0 Å². The number of hydrogen-bond donors (Lipinski definition) is 1. The third-order valence-electron chi connectivity index (χ3n) is 5.04. The van der Waals surface area contributed by atoms with Gasteiger partial charge in [-0.2, -0.15) is 0 Å². The van der Waals surface area contributed by atoms with Crippen molar-refractivity contribution < 1.29 is 0 Å². The van der Waals surface area contributed by atoms with E-state index in [4.69, 9.17) is 4.98 Å². The lowest BCUT2D eigenvalue weighted by atomic mass is 9.58. The van der Waals surface area contributed by atoms with Gasteiger partial charge < -0.3 is 5.32 Å². The second-order valence-corrected chi connectivity index (χ2v) is 9.80. The zero-order chi connectivity index (χ0) is 15.3. The fourth-order valence-electron chi connectivity index (χ4n) is 5.20. The van der Waals surface area contributed by atoms with Gasteiger partial charge >= 0.3 is 0 Å². The van der Waals surface area contributed by atoms with E-state index in [9.17, 15) is 0 Å². The van der Waals surface area contributed by atoms with Crippen molar-refractivity contribution in [2.45, 2.75) is 78.7 Å². The maximum absolute atomic E-state index is 5.09. The molecule has 3 heteroatoms. The molecule has 0 saturated heterocycles. The number of rotatable bonds is 3.